The molecule has 2 aliphatic rings. The molecule has 0 heterocycles. The second-order valence-corrected chi connectivity index (χ2v) is 10.3. The van der Waals surface area contributed by atoms with E-state index in [-0.39, 0.29) is 23.4 Å². The predicted octanol–water partition coefficient (Wildman–Crippen LogP) is 7.98. The van der Waals surface area contributed by atoms with Crippen LogP contribution in [0.2, 0.25) is 0 Å². The quantitative estimate of drug-likeness (QED) is 0.435. The van der Waals surface area contributed by atoms with Crippen molar-refractivity contribution in [3.8, 4) is 0 Å². The number of hydrogen-bond acceptors (Lipinski definition) is 4. The molecule has 0 aromatic rings. The Morgan fingerprint density at radius 2 is 0.545 bits per heavy atom. The summed E-state index contributed by atoms with van der Waals surface area (Å²) >= 11 is 0. The normalized spacial score (nSPS) is 14.3. The Hall–Kier alpha value is -0.740. The van der Waals surface area contributed by atoms with Crippen LogP contribution in [0.25, 0.3) is 0 Å². The van der Waals surface area contributed by atoms with Crippen LogP contribution in [0.3, 0.4) is 0 Å². The van der Waals surface area contributed by atoms with Crippen molar-refractivity contribution in [3.63, 3.8) is 0 Å². The van der Waals surface area contributed by atoms with E-state index in [1.54, 1.807) is 13.8 Å². The molecule has 2 N–H and O–H groups in total. The van der Waals surface area contributed by atoms with Crippen molar-refractivity contribution < 1.29 is 9.59 Å². The molecule has 0 aromatic heterocycles. The number of hydrogen-bond donors (Lipinski definition) is 2. The van der Waals surface area contributed by atoms with Crippen LogP contribution in [0.15, 0.2) is 0 Å². The molecule has 0 spiro atoms. The second kappa shape index (κ2) is 31.3. The smallest absolute Gasteiger partial charge is 0.132 e. The number of rotatable bonds is 4. The summed E-state index contributed by atoms with van der Waals surface area (Å²) in [5, 5.41) is 6.06. The van der Waals surface area contributed by atoms with Crippen LogP contribution in [-0.4, -0.2) is 37.7 Å². The zero-order valence-electron chi connectivity index (χ0n) is 24.9. The minimum atomic E-state index is 0.213. The third-order valence-electron chi connectivity index (χ3n) is 5.53. The lowest BCUT2D eigenvalue weighted by Crippen LogP contribution is -2.15. The predicted molar refractivity (Wildman–Crippen MR) is 150 cm³/mol. The molecule has 2 saturated carbocycles. The molecule has 0 unspecified atom stereocenters. The van der Waals surface area contributed by atoms with Crippen LogP contribution < -0.4 is 10.6 Å². The fourth-order valence-corrected chi connectivity index (χ4v) is 1.94. The zero-order valence-corrected chi connectivity index (χ0v) is 24.9. The first kappa shape index (κ1) is 39.5. The highest BCUT2D eigenvalue weighted by atomic mass is 16.1. The molecule has 0 bridgehead atoms. The first-order valence-corrected chi connectivity index (χ1v) is 13.7. The summed E-state index contributed by atoms with van der Waals surface area (Å²) in [5.41, 5.74) is 0. The summed E-state index contributed by atoms with van der Waals surface area (Å²) in [6, 6.07) is 1.27. The summed E-state index contributed by atoms with van der Waals surface area (Å²) in [6.45, 7) is 19.2. The van der Waals surface area contributed by atoms with E-state index < -0.39 is 0 Å². The molecule has 0 aromatic carbocycles. The van der Waals surface area contributed by atoms with Gasteiger partial charge in [0, 0.05) is 23.9 Å². The van der Waals surface area contributed by atoms with Gasteiger partial charge in [-0.15, -0.1) is 0 Å². The van der Waals surface area contributed by atoms with Gasteiger partial charge in [0.15, 0.2) is 0 Å². The van der Waals surface area contributed by atoms with Gasteiger partial charge in [0.1, 0.15) is 11.6 Å². The van der Waals surface area contributed by atoms with Gasteiger partial charge in [0.25, 0.3) is 0 Å². The molecule has 0 radical (unpaired) electrons. The van der Waals surface area contributed by atoms with Crippen molar-refractivity contribution in [3.05, 3.63) is 0 Å². The lowest BCUT2D eigenvalue weighted by Gasteiger charge is -2.05. The van der Waals surface area contributed by atoms with Gasteiger partial charge < -0.3 is 10.6 Å². The third-order valence-corrected chi connectivity index (χ3v) is 5.53. The Balaban J connectivity index is -0.000000153. The highest BCUT2D eigenvalue weighted by Gasteiger charge is 1.96. The highest BCUT2D eigenvalue weighted by molar-refractivity contribution is 5.77. The lowest BCUT2D eigenvalue weighted by atomic mass is 10.0. The molecule has 2 aliphatic carbocycles. The molecular weight excluding hydrogens is 408 g/mol. The summed E-state index contributed by atoms with van der Waals surface area (Å²) < 4.78 is 0. The second-order valence-electron chi connectivity index (χ2n) is 10.3. The van der Waals surface area contributed by atoms with Crippen LogP contribution in [-0.2, 0) is 9.59 Å². The van der Waals surface area contributed by atoms with Crippen LogP contribution >= 0.6 is 0 Å². The number of ketones is 2. The fourth-order valence-electron chi connectivity index (χ4n) is 1.94. The van der Waals surface area contributed by atoms with Crippen molar-refractivity contribution in [2.45, 2.75) is 152 Å². The summed E-state index contributed by atoms with van der Waals surface area (Å²) in [4.78, 5) is 20.3. The highest BCUT2D eigenvalue weighted by Crippen LogP contribution is 2.15. The van der Waals surface area contributed by atoms with E-state index in [0.29, 0.717) is 12.1 Å². The molecule has 4 heteroatoms. The maximum atomic E-state index is 10.1. The molecule has 2 rings (SSSR count). The minimum Gasteiger partial charge on any atom is -0.318 e. The van der Waals surface area contributed by atoms with Crippen LogP contribution in [0.1, 0.15) is 140 Å². The maximum absolute atomic E-state index is 10.1. The van der Waals surface area contributed by atoms with E-state index in [1.807, 2.05) is 41.8 Å². The average molecular weight is 473 g/mol. The molecule has 4 nitrogen and oxygen atoms in total. The standard InChI is InChI=1S/C6H12.2C5H10O.C5H10.2C4H11N/c1-2-4-6-5-3-1;2*1-4(2)5(3)6;1-2-4-5-3-1;2*1-4(2)5-3/h1-6H2;2*4H,1-3H3;1-5H2;2*4-5H,1-3H3. The van der Waals surface area contributed by atoms with Gasteiger partial charge >= 0.3 is 0 Å². The van der Waals surface area contributed by atoms with E-state index in [2.05, 4.69) is 38.3 Å². The van der Waals surface area contributed by atoms with Gasteiger partial charge in [-0.25, -0.2) is 0 Å². The van der Waals surface area contributed by atoms with Gasteiger partial charge in [0.2, 0.25) is 0 Å². The van der Waals surface area contributed by atoms with Crippen molar-refractivity contribution >= 4 is 11.6 Å². The molecule has 33 heavy (non-hydrogen) atoms. The van der Waals surface area contributed by atoms with Crippen LogP contribution in [0, 0.1) is 11.8 Å². The van der Waals surface area contributed by atoms with E-state index in [9.17, 15) is 9.59 Å². The van der Waals surface area contributed by atoms with Crippen molar-refractivity contribution in [2.24, 2.45) is 11.8 Å². The van der Waals surface area contributed by atoms with E-state index in [0.717, 1.165) is 0 Å². The largest absolute Gasteiger partial charge is 0.318 e. The molecule has 0 atom stereocenters. The van der Waals surface area contributed by atoms with Crippen molar-refractivity contribution in [1.82, 2.24) is 10.6 Å². The van der Waals surface area contributed by atoms with Crippen molar-refractivity contribution in [2.75, 3.05) is 14.1 Å². The first-order valence-electron chi connectivity index (χ1n) is 13.7. The van der Waals surface area contributed by atoms with Crippen LogP contribution in [0.5, 0.6) is 0 Å². The first-order chi connectivity index (χ1) is 15.3. The Kier molecular flexibility index (Phi) is 37.4. The molecule has 0 amide bonds. The SMILES string of the molecule is C1CCCC1.C1CCCCC1.CC(=O)C(C)C.CC(=O)C(C)C.CNC(C)C.CNC(C)C. The molecule has 2 fully saturated rings. The minimum absolute atomic E-state index is 0.213. The van der Waals surface area contributed by atoms with E-state index >= 15 is 0 Å². The molecule has 202 valence electrons. The lowest BCUT2D eigenvalue weighted by molar-refractivity contribution is -0.120. The molecule has 0 aliphatic heterocycles. The van der Waals surface area contributed by atoms with Gasteiger partial charge in [-0.05, 0) is 27.9 Å². The number of carbonyl (C=O) groups is 2. The Morgan fingerprint density at radius 3 is 0.576 bits per heavy atom. The summed E-state index contributed by atoms with van der Waals surface area (Å²) in [7, 11) is 3.90. The van der Waals surface area contributed by atoms with Gasteiger partial charge in [-0.1, -0.05) is 126 Å². The van der Waals surface area contributed by atoms with Gasteiger partial charge in [0.05, 0.1) is 0 Å². The number of Topliss-reactive ketones (excluding diaryl/α,β-unsaturated/α-hetero) is 2. The van der Waals surface area contributed by atoms with Crippen molar-refractivity contribution in [1.29, 1.82) is 0 Å². The van der Waals surface area contributed by atoms with Gasteiger partial charge in [-0.2, -0.15) is 0 Å². The number of carbonyl (C=O) groups excluding carboxylic acids is 2. The van der Waals surface area contributed by atoms with E-state index in [4.69, 9.17) is 0 Å². The Morgan fingerprint density at radius 1 is 0.455 bits per heavy atom. The van der Waals surface area contributed by atoms with Crippen LogP contribution in [0.4, 0.5) is 0 Å². The van der Waals surface area contributed by atoms with E-state index in [1.165, 1.54) is 70.6 Å². The number of nitrogens with one attached hydrogen (secondary N) is 2. The molecular formula is C29H64N2O2. The Labute approximate surface area is 209 Å². The topological polar surface area (TPSA) is 58.2 Å². The zero-order chi connectivity index (χ0) is 26.7. The van der Waals surface area contributed by atoms with Gasteiger partial charge in [-0.3, -0.25) is 9.59 Å². The Bertz CT molecular complexity index is 338. The fraction of sp³-hybridized carbons (Fsp3) is 0.931. The third kappa shape index (κ3) is 54.0. The average Bonchev–Trinajstić information content (AvgIpc) is 3.36. The summed E-state index contributed by atoms with van der Waals surface area (Å²) in [6.07, 6.45) is 16.5. The molecule has 0 saturated heterocycles. The maximum Gasteiger partial charge on any atom is 0.132 e. The summed E-state index contributed by atoms with van der Waals surface area (Å²) in [5.74, 6) is 0.944. The monoisotopic (exact) mass is 472 g/mol.